The van der Waals surface area contributed by atoms with Crippen molar-refractivity contribution in [3.8, 4) is 0 Å². The van der Waals surface area contributed by atoms with Gasteiger partial charge in [-0.3, -0.25) is 0 Å². The molecule has 0 saturated carbocycles. The molecule has 0 radical (unpaired) electrons. The fourth-order valence-electron chi connectivity index (χ4n) is 2.27. The van der Waals surface area contributed by atoms with E-state index in [1.54, 1.807) is 0 Å². The van der Waals surface area contributed by atoms with E-state index < -0.39 is 0 Å². The highest BCUT2D eigenvalue weighted by Crippen LogP contribution is 2.31. The second kappa shape index (κ2) is 6.45. The largest absolute Gasteiger partial charge is 0.126 e. The van der Waals surface area contributed by atoms with E-state index in [1.165, 1.54) is 16.7 Å². The Labute approximate surface area is 125 Å². The lowest BCUT2D eigenvalue weighted by Crippen LogP contribution is -2.33. The Balaban J connectivity index is 2.32. The molecule has 0 spiro atoms. The van der Waals surface area contributed by atoms with Crippen molar-refractivity contribution >= 4 is 23.2 Å². The van der Waals surface area contributed by atoms with Crippen LogP contribution >= 0.6 is 23.2 Å². The van der Waals surface area contributed by atoms with E-state index in [-0.39, 0.29) is 5.41 Å². The van der Waals surface area contributed by atoms with Gasteiger partial charge in [0.15, 0.2) is 0 Å². The van der Waals surface area contributed by atoms with E-state index in [9.17, 15) is 0 Å². The molecule has 2 heteroatoms. The molecule has 0 atom stereocenters. The maximum atomic E-state index is 6.26. The third-order valence-corrected chi connectivity index (χ3v) is 4.58. The SMILES string of the molecule is Cc1ccc(CC(CCl)(CCl)c2ccccc2)cc1. The lowest BCUT2D eigenvalue weighted by Gasteiger charge is -2.30. The van der Waals surface area contributed by atoms with E-state index in [1.807, 2.05) is 18.2 Å². The number of benzene rings is 2. The summed E-state index contributed by atoms with van der Waals surface area (Å²) < 4.78 is 0. The first kappa shape index (κ1) is 14.4. The van der Waals surface area contributed by atoms with E-state index >= 15 is 0 Å². The number of hydrogen-bond acceptors (Lipinski definition) is 0. The molecule has 0 fully saturated rings. The maximum Gasteiger partial charge on any atom is 0.0335 e. The molecule has 2 rings (SSSR count). The zero-order chi connectivity index (χ0) is 13.7. The number of alkyl halides is 2. The van der Waals surface area contributed by atoms with Gasteiger partial charge in [0.25, 0.3) is 0 Å². The van der Waals surface area contributed by atoms with Crippen molar-refractivity contribution in [3.63, 3.8) is 0 Å². The molecule has 0 N–H and O–H groups in total. The van der Waals surface area contributed by atoms with Crippen molar-refractivity contribution < 1.29 is 0 Å². The normalized spacial score (nSPS) is 11.5. The molecule has 100 valence electrons. The zero-order valence-corrected chi connectivity index (χ0v) is 12.6. The van der Waals surface area contributed by atoms with Crippen LogP contribution in [0.3, 0.4) is 0 Å². The maximum absolute atomic E-state index is 6.26. The van der Waals surface area contributed by atoms with Gasteiger partial charge in [-0.05, 0) is 24.5 Å². The molecular formula is C17H18Cl2. The molecule has 0 heterocycles. The van der Waals surface area contributed by atoms with E-state index in [0.29, 0.717) is 11.8 Å². The summed E-state index contributed by atoms with van der Waals surface area (Å²) in [7, 11) is 0. The Kier molecular flexibility index (Phi) is 4.90. The van der Waals surface area contributed by atoms with Crippen molar-refractivity contribution in [2.45, 2.75) is 18.8 Å². The summed E-state index contributed by atoms with van der Waals surface area (Å²) in [4.78, 5) is 0. The van der Waals surface area contributed by atoms with Crippen molar-refractivity contribution in [3.05, 3.63) is 71.3 Å². The summed E-state index contributed by atoms with van der Waals surface area (Å²) in [6, 6.07) is 18.9. The minimum atomic E-state index is -0.195. The molecule has 0 saturated heterocycles. The molecule has 2 aromatic rings. The minimum absolute atomic E-state index is 0.195. The number of hydrogen-bond donors (Lipinski definition) is 0. The number of aryl methyl sites for hydroxylation is 1. The third-order valence-electron chi connectivity index (χ3n) is 3.56. The lowest BCUT2D eigenvalue weighted by atomic mass is 9.78. The van der Waals surface area contributed by atoms with Crippen molar-refractivity contribution in [1.29, 1.82) is 0 Å². The minimum Gasteiger partial charge on any atom is -0.126 e. The Morgan fingerprint density at radius 2 is 1.42 bits per heavy atom. The standard InChI is InChI=1S/C17H18Cl2/c1-14-7-9-15(10-8-14)11-17(12-18,13-19)16-5-3-2-4-6-16/h2-10H,11-13H2,1H3. The van der Waals surface area contributed by atoms with Crippen LogP contribution in [0.15, 0.2) is 54.6 Å². The third kappa shape index (κ3) is 3.32. The zero-order valence-electron chi connectivity index (χ0n) is 11.1. The molecule has 0 aromatic heterocycles. The van der Waals surface area contributed by atoms with E-state index in [4.69, 9.17) is 23.2 Å². The van der Waals surface area contributed by atoms with Gasteiger partial charge in [-0.1, -0.05) is 60.2 Å². The van der Waals surface area contributed by atoms with Crippen LogP contribution in [0.1, 0.15) is 16.7 Å². The van der Waals surface area contributed by atoms with Gasteiger partial charge in [-0.25, -0.2) is 0 Å². The quantitative estimate of drug-likeness (QED) is 0.684. The van der Waals surface area contributed by atoms with Crippen LogP contribution in [0.5, 0.6) is 0 Å². The van der Waals surface area contributed by atoms with Crippen LogP contribution in [0.2, 0.25) is 0 Å². The van der Waals surface area contributed by atoms with Crippen LogP contribution in [-0.2, 0) is 11.8 Å². The van der Waals surface area contributed by atoms with Crippen molar-refractivity contribution in [2.75, 3.05) is 11.8 Å². The highest BCUT2D eigenvalue weighted by Gasteiger charge is 2.30. The first-order chi connectivity index (χ1) is 9.20. The predicted octanol–water partition coefficient (Wildman–Crippen LogP) is 4.95. The molecule has 0 bridgehead atoms. The van der Waals surface area contributed by atoms with Gasteiger partial charge >= 0.3 is 0 Å². The Bertz CT molecular complexity index is 499. The van der Waals surface area contributed by atoms with Gasteiger partial charge in [0.05, 0.1) is 0 Å². The van der Waals surface area contributed by atoms with Crippen LogP contribution in [-0.4, -0.2) is 11.8 Å². The van der Waals surface area contributed by atoms with Crippen LogP contribution in [0.25, 0.3) is 0 Å². The molecule has 0 aliphatic carbocycles. The summed E-state index contributed by atoms with van der Waals surface area (Å²) in [5, 5.41) is 0. The molecule has 0 aliphatic heterocycles. The van der Waals surface area contributed by atoms with Crippen LogP contribution < -0.4 is 0 Å². The number of rotatable bonds is 5. The first-order valence-electron chi connectivity index (χ1n) is 6.43. The molecule has 0 aliphatic rings. The van der Waals surface area contributed by atoms with E-state index in [0.717, 1.165) is 6.42 Å². The summed E-state index contributed by atoms with van der Waals surface area (Å²) in [5.41, 5.74) is 3.56. The van der Waals surface area contributed by atoms with Crippen molar-refractivity contribution in [1.82, 2.24) is 0 Å². The van der Waals surface area contributed by atoms with Gasteiger partial charge in [0, 0.05) is 17.2 Å². The fourth-order valence-corrected chi connectivity index (χ4v) is 3.06. The summed E-state index contributed by atoms with van der Waals surface area (Å²) in [6.45, 7) is 2.09. The van der Waals surface area contributed by atoms with Gasteiger partial charge in [-0.2, -0.15) is 0 Å². The van der Waals surface area contributed by atoms with E-state index in [2.05, 4.69) is 43.3 Å². The second-order valence-electron chi connectivity index (χ2n) is 5.08. The first-order valence-corrected chi connectivity index (χ1v) is 7.50. The van der Waals surface area contributed by atoms with Gasteiger partial charge in [0.1, 0.15) is 0 Å². The highest BCUT2D eigenvalue weighted by molar-refractivity contribution is 6.22. The fraction of sp³-hybridized carbons (Fsp3) is 0.294. The Morgan fingerprint density at radius 3 is 1.95 bits per heavy atom. The molecule has 19 heavy (non-hydrogen) atoms. The molecule has 2 aromatic carbocycles. The second-order valence-corrected chi connectivity index (χ2v) is 5.61. The van der Waals surface area contributed by atoms with Gasteiger partial charge in [0.2, 0.25) is 0 Å². The monoisotopic (exact) mass is 292 g/mol. The van der Waals surface area contributed by atoms with Gasteiger partial charge in [-0.15, -0.1) is 23.2 Å². The Morgan fingerprint density at radius 1 is 0.842 bits per heavy atom. The smallest absolute Gasteiger partial charge is 0.0335 e. The predicted molar refractivity (Wildman–Crippen MR) is 84.4 cm³/mol. The molecule has 0 unspecified atom stereocenters. The molecular weight excluding hydrogens is 275 g/mol. The average molecular weight is 293 g/mol. The summed E-state index contributed by atoms with van der Waals surface area (Å²) in [5.74, 6) is 1.04. The summed E-state index contributed by atoms with van der Waals surface area (Å²) in [6.07, 6.45) is 0.865. The highest BCUT2D eigenvalue weighted by atomic mass is 35.5. The molecule has 0 nitrogen and oxygen atoms in total. The van der Waals surface area contributed by atoms with Crippen molar-refractivity contribution in [2.24, 2.45) is 0 Å². The lowest BCUT2D eigenvalue weighted by molar-refractivity contribution is 0.536. The number of halogens is 2. The average Bonchev–Trinajstić information content (AvgIpc) is 2.48. The van der Waals surface area contributed by atoms with Crippen LogP contribution in [0.4, 0.5) is 0 Å². The topological polar surface area (TPSA) is 0 Å². The van der Waals surface area contributed by atoms with Crippen LogP contribution in [0, 0.1) is 6.92 Å². The van der Waals surface area contributed by atoms with Gasteiger partial charge < -0.3 is 0 Å². The molecule has 0 amide bonds. The Hall–Kier alpha value is -0.980. The summed E-state index contributed by atoms with van der Waals surface area (Å²) >= 11 is 12.5.